The predicted octanol–water partition coefficient (Wildman–Crippen LogP) is -1.52. The van der Waals surface area contributed by atoms with Crippen LogP contribution in [0.3, 0.4) is 0 Å². The third-order valence-electron chi connectivity index (χ3n) is 9.02. The van der Waals surface area contributed by atoms with Crippen LogP contribution in [0.5, 0.6) is 0 Å². The largest absolute Gasteiger partial charge is 0.366 e. The van der Waals surface area contributed by atoms with Crippen molar-refractivity contribution in [3.8, 4) is 0 Å². The van der Waals surface area contributed by atoms with Gasteiger partial charge in [0.15, 0.2) is 0 Å². The van der Waals surface area contributed by atoms with Gasteiger partial charge in [-0.2, -0.15) is 0 Å². The van der Waals surface area contributed by atoms with Gasteiger partial charge in [0.25, 0.3) is 0 Å². The maximum Gasteiger partial charge on any atom is 0.347 e. The highest BCUT2D eigenvalue weighted by Gasteiger charge is 3.11. The third-order valence-corrected chi connectivity index (χ3v) is 9.02. The molecule has 0 radical (unpaired) electrons. The van der Waals surface area contributed by atoms with Gasteiger partial charge in [0.05, 0.1) is 24.3 Å². The molecule has 112 valence electrons. The highest BCUT2D eigenvalue weighted by Crippen LogP contribution is 3.07. The Morgan fingerprint density at radius 1 is 0.864 bits per heavy atom. The van der Waals surface area contributed by atoms with Gasteiger partial charge in [-0.25, -0.2) is 23.5 Å². The Kier molecular flexibility index (Phi) is 0.910. The fraction of sp³-hybridized carbons (Fsp3) is 0.867. The third kappa shape index (κ3) is 0.502. The summed E-state index contributed by atoms with van der Waals surface area (Å²) in [5.74, 6) is 2.61. The quantitative estimate of drug-likeness (QED) is 0.546. The number of fused-ring (bicyclic) bond motifs is 3. The Hall–Kier alpha value is -1.34. The van der Waals surface area contributed by atoms with E-state index in [9.17, 15) is 9.59 Å². The topological polar surface area (TPSA) is 74.0 Å². The molecular formula is C15H13N3O4. The molecule has 2 saturated heterocycles. The fourth-order valence-corrected chi connectivity index (χ4v) is 8.93. The molecule has 12 atom stereocenters. The number of rotatable bonds is 0. The van der Waals surface area contributed by atoms with E-state index in [4.69, 9.17) is 9.47 Å². The molecule has 2 bridgehead atoms. The molecule has 10 rings (SSSR count). The van der Waals surface area contributed by atoms with Crippen molar-refractivity contribution in [3.05, 3.63) is 21.0 Å². The minimum Gasteiger partial charge on any atom is -0.366 e. The van der Waals surface area contributed by atoms with E-state index in [0.29, 0.717) is 30.0 Å². The zero-order chi connectivity index (χ0) is 14.1. The number of epoxide rings is 2. The molecule has 2 spiro atoms. The van der Waals surface area contributed by atoms with E-state index in [2.05, 4.69) is 0 Å². The highest BCUT2D eigenvalue weighted by atomic mass is 16.7. The van der Waals surface area contributed by atoms with Crippen molar-refractivity contribution < 1.29 is 9.47 Å². The van der Waals surface area contributed by atoms with E-state index in [0.717, 1.165) is 5.92 Å². The first kappa shape index (κ1) is 9.72. The molecule has 1 aromatic rings. The van der Waals surface area contributed by atoms with Crippen molar-refractivity contribution in [2.24, 2.45) is 41.5 Å². The van der Waals surface area contributed by atoms with Gasteiger partial charge in [0, 0.05) is 17.9 Å². The van der Waals surface area contributed by atoms with Crippen LogP contribution >= 0.6 is 0 Å². The number of aromatic nitrogens is 3. The predicted molar refractivity (Wildman–Crippen MR) is 68.2 cm³/mol. The molecule has 5 saturated carbocycles. The molecule has 7 nitrogen and oxygen atoms in total. The van der Waals surface area contributed by atoms with Crippen LogP contribution in [-0.2, 0) is 16.5 Å². The van der Waals surface area contributed by atoms with Gasteiger partial charge in [-0.3, -0.25) is 0 Å². The first-order valence-corrected chi connectivity index (χ1v) is 8.39. The van der Waals surface area contributed by atoms with E-state index >= 15 is 0 Å². The van der Waals surface area contributed by atoms with E-state index in [1.54, 1.807) is 7.05 Å². The van der Waals surface area contributed by atoms with Crippen LogP contribution in [0.15, 0.2) is 9.59 Å². The first-order valence-electron chi connectivity index (χ1n) is 8.39. The summed E-state index contributed by atoms with van der Waals surface area (Å²) in [5.41, 5.74) is -0.00465. The summed E-state index contributed by atoms with van der Waals surface area (Å²) in [6.07, 6.45) is 1.13. The van der Waals surface area contributed by atoms with Crippen molar-refractivity contribution in [2.75, 3.05) is 0 Å². The Labute approximate surface area is 123 Å². The second-order valence-electron chi connectivity index (χ2n) is 8.82. The van der Waals surface area contributed by atoms with Gasteiger partial charge in [-0.15, -0.1) is 0 Å². The summed E-state index contributed by atoms with van der Waals surface area (Å²) in [4.78, 5) is 25.4. The molecule has 0 amide bonds. The van der Waals surface area contributed by atoms with Crippen LogP contribution in [0, 0.1) is 34.5 Å². The molecule has 0 aromatic carbocycles. The fourth-order valence-electron chi connectivity index (χ4n) is 8.93. The molecule has 5 heterocycles. The molecule has 9 aliphatic rings. The van der Waals surface area contributed by atoms with Gasteiger partial charge in [0.1, 0.15) is 12.2 Å². The Bertz CT molecular complexity index is 930. The van der Waals surface area contributed by atoms with E-state index < -0.39 is 0 Å². The van der Waals surface area contributed by atoms with E-state index in [1.165, 1.54) is 4.57 Å². The normalized spacial score (nSPS) is 73.1. The summed E-state index contributed by atoms with van der Waals surface area (Å²) >= 11 is 0. The zero-order valence-corrected chi connectivity index (χ0v) is 11.7. The average Bonchev–Trinajstić information content (AvgIpc) is 3.33. The van der Waals surface area contributed by atoms with E-state index in [1.807, 2.05) is 9.36 Å². The smallest absolute Gasteiger partial charge is 0.347 e. The number of hydrogen-bond acceptors (Lipinski definition) is 4. The molecule has 4 aliphatic heterocycles. The monoisotopic (exact) mass is 299 g/mol. The number of hydrogen-bond donors (Lipinski definition) is 0. The lowest BCUT2D eigenvalue weighted by molar-refractivity contribution is -0.0267. The molecular weight excluding hydrogens is 286 g/mol. The lowest BCUT2D eigenvalue weighted by Gasteiger charge is -2.48. The summed E-state index contributed by atoms with van der Waals surface area (Å²) in [5, 5.41) is 0. The maximum absolute atomic E-state index is 12.7. The van der Waals surface area contributed by atoms with Gasteiger partial charge in [-0.05, 0) is 23.7 Å². The van der Waals surface area contributed by atoms with Crippen LogP contribution in [0.2, 0.25) is 0 Å². The van der Waals surface area contributed by atoms with Crippen molar-refractivity contribution in [1.29, 1.82) is 0 Å². The van der Waals surface area contributed by atoms with Crippen LogP contribution < -0.4 is 11.4 Å². The standard InChI is InChI=1S/C15H13N3O4/c1-16-12(19)17-8-3-2-4(3)9(18(17)13(16)20)15-7(2)14(8,15)10-5(21-10)6-11(15)22-6/h2-11H,1H3/t2?,3-,4-,5-,6+,7?,8-,9-,10+,11+,14+,15+/m0/s1. The van der Waals surface area contributed by atoms with Gasteiger partial charge in [-0.1, -0.05) is 0 Å². The number of ether oxygens (including phenoxy) is 2. The molecule has 7 fully saturated rings. The summed E-state index contributed by atoms with van der Waals surface area (Å²) < 4.78 is 17.1. The Balaban J connectivity index is 1.50. The molecule has 22 heavy (non-hydrogen) atoms. The van der Waals surface area contributed by atoms with Gasteiger partial charge >= 0.3 is 11.4 Å². The maximum atomic E-state index is 12.7. The summed E-state index contributed by atoms with van der Waals surface area (Å²) in [6.45, 7) is 0. The van der Waals surface area contributed by atoms with Crippen LogP contribution in [-0.4, -0.2) is 38.3 Å². The Morgan fingerprint density at radius 3 is 1.86 bits per heavy atom. The molecule has 7 heteroatoms. The zero-order valence-electron chi connectivity index (χ0n) is 11.7. The lowest BCUT2D eigenvalue weighted by Crippen LogP contribution is -2.57. The average molecular weight is 299 g/mol. The van der Waals surface area contributed by atoms with Crippen molar-refractivity contribution in [3.63, 3.8) is 0 Å². The molecule has 0 N–H and O–H groups in total. The van der Waals surface area contributed by atoms with Crippen LogP contribution in [0.25, 0.3) is 0 Å². The van der Waals surface area contributed by atoms with Crippen molar-refractivity contribution in [2.45, 2.75) is 36.5 Å². The second-order valence-corrected chi connectivity index (χ2v) is 8.82. The molecule has 1 aromatic heterocycles. The van der Waals surface area contributed by atoms with Crippen molar-refractivity contribution in [1.82, 2.24) is 13.9 Å². The molecule has 5 aliphatic carbocycles. The highest BCUT2D eigenvalue weighted by molar-refractivity contribution is 5.56. The van der Waals surface area contributed by atoms with Crippen LogP contribution in [0.4, 0.5) is 0 Å². The summed E-state index contributed by atoms with van der Waals surface area (Å²) in [6, 6.07) is 0.387. The lowest BCUT2D eigenvalue weighted by atomic mass is 9.64. The second kappa shape index (κ2) is 2.06. The van der Waals surface area contributed by atoms with Crippen molar-refractivity contribution >= 4 is 0 Å². The Morgan fingerprint density at radius 2 is 1.36 bits per heavy atom. The van der Waals surface area contributed by atoms with Crippen LogP contribution in [0.1, 0.15) is 12.1 Å². The minimum absolute atomic E-state index is 0.127. The molecule has 2 unspecified atom stereocenters. The van der Waals surface area contributed by atoms with Gasteiger partial charge < -0.3 is 9.47 Å². The number of nitrogens with zero attached hydrogens (tertiary/aromatic N) is 3. The van der Waals surface area contributed by atoms with E-state index in [-0.39, 0.29) is 46.5 Å². The van der Waals surface area contributed by atoms with Gasteiger partial charge in [0.2, 0.25) is 0 Å². The first-order chi connectivity index (χ1) is 10.7. The minimum atomic E-state index is -0.129. The summed E-state index contributed by atoms with van der Waals surface area (Å²) in [7, 11) is 1.61. The SMILES string of the molecule is Cn1c(=O)n2n(c1=O)[C@H]1[C@H]3C4C5[C@]6([C@@H]7O[C@@H]7[C@@H]7O[C@H]7[C@@]516)[C@@H]2[C@@H]43.